The van der Waals surface area contributed by atoms with E-state index in [2.05, 4.69) is 9.97 Å². The monoisotopic (exact) mass is 338 g/mol. The van der Waals surface area contributed by atoms with E-state index in [-0.39, 0.29) is 5.97 Å². The number of rotatable bonds is 5. The van der Waals surface area contributed by atoms with Crippen molar-refractivity contribution in [2.24, 2.45) is 0 Å². The SMILES string of the molecule is CCOC(=O)C(Sc1nc2ccccc2nc1C)c1ccccc1. The number of thioether (sulfide) groups is 1. The molecule has 0 fully saturated rings. The van der Waals surface area contributed by atoms with Crippen molar-refractivity contribution in [3.05, 3.63) is 65.9 Å². The van der Waals surface area contributed by atoms with Crippen LogP contribution in [0.1, 0.15) is 23.4 Å². The summed E-state index contributed by atoms with van der Waals surface area (Å²) >= 11 is 1.38. The molecule has 3 aromatic rings. The van der Waals surface area contributed by atoms with Gasteiger partial charge in [-0.2, -0.15) is 0 Å². The van der Waals surface area contributed by atoms with Crippen LogP contribution in [0.3, 0.4) is 0 Å². The van der Waals surface area contributed by atoms with E-state index < -0.39 is 5.25 Å². The quantitative estimate of drug-likeness (QED) is 0.512. The second-order valence-corrected chi connectivity index (χ2v) is 6.36. The lowest BCUT2D eigenvalue weighted by molar-refractivity contribution is -0.142. The maximum Gasteiger partial charge on any atom is 0.324 e. The fourth-order valence-corrected chi connectivity index (χ4v) is 3.44. The van der Waals surface area contributed by atoms with Crippen LogP contribution in [-0.2, 0) is 9.53 Å². The zero-order valence-corrected chi connectivity index (χ0v) is 14.4. The molecule has 122 valence electrons. The van der Waals surface area contributed by atoms with Gasteiger partial charge in [0.25, 0.3) is 0 Å². The van der Waals surface area contributed by atoms with Crippen molar-refractivity contribution in [3.63, 3.8) is 0 Å². The average Bonchev–Trinajstić information content (AvgIpc) is 2.60. The lowest BCUT2D eigenvalue weighted by Crippen LogP contribution is -2.13. The van der Waals surface area contributed by atoms with E-state index in [1.807, 2.05) is 68.4 Å². The van der Waals surface area contributed by atoms with E-state index in [4.69, 9.17) is 4.74 Å². The standard InChI is InChI=1S/C19H18N2O2S/c1-3-23-19(22)17(14-9-5-4-6-10-14)24-18-13(2)20-15-11-7-8-12-16(15)21-18/h4-12,17H,3H2,1-2H3. The number of fused-ring (bicyclic) bond motifs is 1. The van der Waals surface area contributed by atoms with Crippen LogP contribution >= 0.6 is 11.8 Å². The number of carbonyl (C=O) groups excluding carboxylic acids is 1. The smallest absolute Gasteiger partial charge is 0.324 e. The Balaban J connectivity index is 1.98. The molecule has 24 heavy (non-hydrogen) atoms. The van der Waals surface area contributed by atoms with E-state index in [9.17, 15) is 4.79 Å². The summed E-state index contributed by atoms with van der Waals surface area (Å²) in [6.45, 7) is 4.08. The Labute approximate surface area is 145 Å². The van der Waals surface area contributed by atoms with Gasteiger partial charge in [0.1, 0.15) is 10.3 Å². The molecule has 0 radical (unpaired) electrons. The number of hydrogen-bond acceptors (Lipinski definition) is 5. The predicted molar refractivity (Wildman–Crippen MR) is 95.9 cm³/mol. The molecule has 0 N–H and O–H groups in total. The molecular formula is C19H18N2O2S. The van der Waals surface area contributed by atoms with Crippen molar-refractivity contribution in [3.8, 4) is 0 Å². The number of aryl methyl sites for hydroxylation is 1. The van der Waals surface area contributed by atoms with Crippen LogP contribution in [0.5, 0.6) is 0 Å². The number of carbonyl (C=O) groups is 1. The summed E-state index contributed by atoms with van der Waals surface area (Å²) in [4.78, 5) is 21.7. The second-order valence-electron chi connectivity index (χ2n) is 5.26. The Morgan fingerprint density at radius 1 is 1.04 bits per heavy atom. The summed E-state index contributed by atoms with van der Waals surface area (Å²) in [6.07, 6.45) is 0. The lowest BCUT2D eigenvalue weighted by Gasteiger charge is -2.16. The number of esters is 1. The predicted octanol–water partition coefficient (Wildman–Crippen LogP) is 4.33. The van der Waals surface area contributed by atoms with Gasteiger partial charge >= 0.3 is 5.97 Å². The number of para-hydroxylation sites is 2. The maximum atomic E-state index is 12.4. The second kappa shape index (κ2) is 7.45. The van der Waals surface area contributed by atoms with Gasteiger partial charge in [0.15, 0.2) is 0 Å². The molecule has 0 saturated heterocycles. The van der Waals surface area contributed by atoms with Crippen LogP contribution in [0.2, 0.25) is 0 Å². The molecule has 0 spiro atoms. The number of ether oxygens (including phenoxy) is 1. The highest BCUT2D eigenvalue weighted by atomic mass is 32.2. The minimum atomic E-state index is -0.458. The third-order valence-electron chi connectivity index (χ3n) is 3.53. The molecule has 0 aliphatic heterocycles. The molecule has 5 heteroatoms. The van der Waals surface area contributed by atoms with Gasteiger partial charge < -0.3 is 4.74 Å². The van der Waals surface area contributed by atoms with Crippen LogP contribution in [0.4, 0.5) is 0 Å². The van der Waals surface area contributed by atoms with E-state index in [1.54, 1.807) is 0 Å². The fraction of sp³-hybridized carbons (Fsp3) is 0.211. The van der Waals surface area contributed by atoms with Gasteiger partial charge in [-0.05, 0) is 31.5 Å². The Morgan fingerprint density at radius 3 is 2.33 bits per heavy atom. The molecular weight excluding hydrogens is 320 g/mol. The van der Waals surface area contributed by atoms with Gasteiger partial charge in [-0.1, -0.05) is 54.2 Å². The van der Waals surface area contributed by atoms with Crippen molar-refractivity contribution in [2.75, 3.05) is 6.61 Å². The molecule has 0 saturated carbocycles. The molecule has 3 rings (SSSR count). The van der Waals surface area contributed by atoms with Crippen LogP contribution in [0.15, 0.2) is 59.6 Å². The first kappa shape index (κ1) is 16.5. The van der Waals surface area contributed by atoms with Crippen LogP contribution in [-0.4, -0.2) is 22.5 Å². The first-order chi connectivity index (χ1) is 11.7. The van der Waals surface area contributed by atoms with Crippen molar-refractivity contribution in [1.82, 2.24) is 9.97 Å². The first-order valence-corrected chi connectivity index (χ1v) is 8.68. The largest absolute Gasteiger partial charge is 0.465 e. The molecule has 0 amide bonds. The number of nitrogens with zero attached hydrogens (tertiary/aromatic N) is 2. The molecule has 0 aliphatic carbocycles. The molecule has 1 aromatic heterocycles. The zero-order chi connectivity index (χ0) is 16.9. The van der Waals surface area contributed by atoms with Crippen LogP contribution in [0, 0.1) is 6.92 Å². The van der Waals surface area contributed by atoms with E-state index in [0.29, 0.717) is 6.61 Å². The summed E-state index contributed by atoms with van der Waals surface area (Å²) in [5.41, 5.74) is 3.38. The topological polar surface area (TPSA) is 52.1 Å². The van der Waals surface area contributed by atoms with Gasteiger partial charge in [-0.15, -0.1) is 0 Å². The molecule has 1 unspecified atom stereocenters. The number of benzene rings is 2. The van der Waals surface area contributed by atoms with Gasteiger partial charge in [0, 0.05) is 0 Å². The minimum Gasteiger partial charge on any atom is -0.465 e. The zero-order valence-electron chi connectivity index (χ0n) is 13.6. The lowest BCUT2D eigenvalue weighted by atomic mass is 10.1. The van der Waals surface area contributed by atoms with Gasteiger partial charge in [-0.25, -0.2) is 9.97 Å². The third kappa shape index (κ3) is 3.57. The Kier molecular flexibility index (Phi) is 5.11. The summed E-state index contributed by atoms with van der Waals surface area (Å²) in [5.74, 6) is -0.261. The summed E-state index contributed by atoms with van der Waals surface area (Å²) < 4.78 is 5.25. The first-order valence-electron chi connectivity index (χ1n) is 7.80. The van der Waals surface area contributed by atoms with Gasteiger partial charge in [0.05, 0.1) is 23.3 Å². The van der Waals surface area contributed by atoms with Crippen molar-refractivity contribution in [1.29, 1.82) is 0 Å². The normalized spacial score (nSPS) is 12.1. The van der Waals surface area contributed by atoms with Crippen LogP contribution in [0.25, 0.3) is 11.0 Å². The van der Waals surface area contributed by atoms with Crippen molar-refractivity contribution in [2.45, 2.75) is 24.1 Å². The van der Waals surface area contributed by atoms with E-state index in [0.717, 1.165) is 27.3 Å². The molecule has 0 bridgehead atoms. The molecule has 2 aromatic carbocycles. The Morgan fingerprint density at radius 2 is 1.67 bits per heavy atom. The fourth-order valence-electron chi connectivity index (χ4n) is 2.39. The Hall–Kier alpha value is -2.40. The van der Waals surface area contributed by atoms with Crippen molar-refractivity contribution >= 4 is 28.8 Å². The molecule has 0 aliphatic rings. The third-order valence-corrected chi connectivity index (χ3v) is 4.84. The highest BCUT2D eigenvalue weighted by Crippen LogP contribution is 2.37. The minimum absolute atomic E-state index is 0.261. The van der Waals surface area contributed by atoms with E-state index in [1.165, 1.54) is 11.8 Å². The summed E-state index contributed by atoms with van der Waals surface area (Å²) in [6, 6.07) is 17.4. The van der Waals surface area contributed by atoms with Gasteiger partial charge in [0.2, 0.25) is 0 Å². The van der Waals surface area contributed by atoms with Crippen LogP contribution < -0.4 is 0 Å². The molecule has 1 atom stereocenters. The average molecular weight is 338 g/mol. The number of aromatic nitrogens is 2. The van der Waals surface area contributed by atoms with Gasteiger partial charge in [-0.3, -0.25) is 4.79 Å². The summed E-state index contributed by atoms with van der Waals surface area (Å²) in [5, 5.41) is 0.288. The number of hydrogen-bond donors (Lipinski definition) is 0. The van der Waals surface area contributed by atoms with E-state index >= 15 is 0 Å². The highest BCUT2D eigenvalue weighted by molar-refractivity contribution is 8.00. The highest BCUT2D eigenvalue weighted by Gasteiger charge is 2.25. The molecule has 1 heterocycles. The maximum absolute atomic E-state index is 12.4. The summed E-state index contributed by atoms with van der Waals surface area (Å²) in [7, 11) is 0. The molecule has 4 nitrogen and oxygen atoms in total. The Bertz CT molecular complexity index is 852. The van der Waals surface area contributed by atoms with Crippen molar-refractivity contribution < 1.29 is 9.53 Å².